The molecule has 2 heterocycles. The quantitative estimate of drug-likeness (QED) is 0.776. The Labute approximate surface area is 97.2 Å². The van der Waals surface area contributed by atoms with Crippen LogP contribution in [-0.2, 0) is 0 Å². The lowest BCUT2D eigenvalue weighted by Gasteiger charge is -2.04. The third-order valence-corrected chi connectivity index (χ3v) is 2.72. The highest BCUT2D eigenvalue weighted by Gasteiger charge is 2.12. The summed E-state index contributed by atoms with van der Waals surface area (Å²) >= 11 is 6.04. The minimum atomic E-state index is 0.110. The van der Waals surface area contributed by atoms with E-state index in [0.29, 0.717) is 16.7 Å². The molecule has 0 saturated heterocycles. The molecule has 84 valence electrons. The second-order valence-corrected chi connectivity index (χ2v) is 3.78. The third-order valence-electron chi connectivity index (χ3n) is 2.17. The molecule has 0 aromatic carbocycles. The highest BCUT2D eigenvalue weighted by Crippen LogP contribution is 2.22. The van der Waals surface area contributed by atoms with E-state index in [0.717, 1.165) is 11.4 Å². The first-order valence-corrected chi connectivity index (χ1v) is 4.99. The highest BCUT2D eigenvalue weighted by atomic mass is 35.5. The minimum absolute atomic E-state index is 0.110. The Kier molecular flexibility index (Phi) is 2.43. The van der Waals surface area contributed by atoms with Crippen LogP contribution in [-0.4, -0.2) is 19.7 Å². The topological polar surface area (TPSA) is 95.6 Å². The van der Waals surface area contributed by atoms with Crippen molar-refractivity contribution in [2.45, 2.75) is 13.8 Å². The van der Waals surface area contributed by atoms with E-state index in [2.05, 4.69) is 15.1 Å². The van der Waals surface area contributed by atoms with Gasteiger partial charge in [0.05, 0.1) is 16.4 Å². The zero-order valence-electron chi connectivity index (χ0n) is 8.90. The summed E-state index contributed by atoms with van der Waals surface area (Å²) in [6.07, 6.45) is 0. The Morgan fingerprint density at radius 1 is 1.25 bits per heavy atom. The number of hydrogen-bond donors (Lipinski definition) is 2. The number of aromatic nitrogens is 4. The molecule has 2 aromatic heterocycles. The predicted molar refractivity (Wildman–Crippen MR) is 62.5 cm³/mol. The molecule has 16 heavy (non-hydrogen) atoms. The van der Waals surface area contributed by atoms with E-state index in [1.54, 1.807) is 10.7 Å². The van der Waals surface area contributed by atoms with Crippen LogP contribution in [0.25, 0.3) is 5.82 Å². The van der Waals surface area contributed by atoms with Crippen LogP contribution in [0, 0.1) is 13.8 Å². The standard InChI is InChI=1S/C9H11ClN6/c1-4-8(10)5(2)16(15-4)7-3-6(11)13-9(12)14-7/h3H,1-2H3,(H4,11,12,13,14). The summed E-state index contributed by atoms with van der Waals surface area (Å²) in [4.78, 5) is 7.84. The van der Waals surface area contributed by atoms with Gasteiger partial charge in [0.2, 0.25) is 5.95 Å². The van der Waals surface area contributed by atoms with Gasteiger partial charge in [0.15, 0.2) is 5.82 Å². The van der Waals surface area contributed by atoms with Gasteiger partial charge in [-0.1, -0.05) is 11.6 Å². The van der Waals surface area contributed by atoms with Crippen molar-refractivity contribution in [3.8, 4) is 5.82 Å². The van der Waals surface area contributed by atoms with Gasteiger partial charge in [0, 0.05) is 6.07 Å². The molecule has 4 N–H and O–H groups in total. The molecule has 6 nitrogen and oxygen atoms in total. The number of nitrogens with zero attached hydrogens (tertiary/aromatic N) is 4. The van der Waals surface area contributed by atoms with Crippen molar-refractivity contribution in [3.63, 3.8) is 0 Å². The Morgan fingerprint density at radius 2 is 1.94 bits per heavy atom. The van der Waals surface area contributed by atoms with Gasteiger partial charge in [-0.15, -0.1) is 0 Å². The van der Waals surface area contributed by atoms with E-state index >= 15 is 0 Å². The summed E-state index contributed by atoms with van der Waals surface area (Å²) in [5.74, 6) is 0.919. The first-order chi connectivity index (χ1) is 7.49. The van der Waals surface area contributed by atoms with Crippen LogP contribution in [0.1, 0.15) is 11.4 Å². The number of halogens is 1. The fourth-order valence-electron chi connectivity index (χ4n) is 1.43. The third kappa shape index (κ3) is 1.67. The van der Waals surface area contributed by atoms with Gasteiger partial charge in [-0.2, -0.15) is 15.1 Å². The molecular formula is C9H11ClN6. The van der Waals surface area contributed by atoms with Crippen molar-refractivity contribution in [3.05, 3.63) is 22.5 Å². The molecule has 0 radical (unpaired) electrons. The van der Waals surface area contributed by atoms with Crippen molar-refractivity contribution < 1.29 is 0 Å². The zero-order chi connectivity index (χ0) is 11.9. The van der Waals surface area contributed by atoms with E-state index in [4.69, 9.17) is 23.1 Å². The van der Waals surface area contributed by atoms with Crippen molar-refractivity contribution in [2.24, 2.45) is 0 Å². The molecule has 0 atom stereocenters. The molecule has 0 fully saturated rings. The lowest BCUT2D eigenvalue weighted by Crippen LogP contribution is -2.07. The van der Waals surface area contributed by atoms with Crippen LogP contribution >= 0.6 is 11.6 Å². The first-order valence-electron chi connectivity index (χ1n) is 4.61. The molecule has 0 saturated carbocycles. The van der Waals surface area contributed by atoms with Crippen LogP contribution in [0.2, 0.25) is 5.02 Å². The van der Waals surface area contributed by atoms with E-state index in [-0.39, 0.29) is 5.95 Å². The number of aryl methyl sites for hydroxylation is 1. The summed E-state index contributed by atoms with van der Waals surface area (Å²) in [5.41, 5.74) is 12.6. The number of rotatable bonds is 1. The molecule has 0 aliphatic heterocycles. The zero-order valence-corrected chi connectivity index (χ0v) is 9.65. The molecule has 0 aliphatic rings. The van der Waals surface area contributed by atoms with E-state index in [1.807, 2.05) is 13.8 Å². The van der Waals surface area contributed by atoms with E-state index in [9.17, 15) is 0 Å². The minimum Gasteiger partial charge on any atom is -0.383 e. The number of nitrogens with two attached hydrogens (primary N) is 2. The predicted octanol–water partition coefficient (Wildman–Crippen LogP) is 1.10. The summed E-state index contributed by atoms with van der Waals surface area (Å²) in [6.45, 7) is 3.66. The molecule has 7 heteroatoms. The van der Waals surface area contributed by atoms with Gasteiger partial charge >= 0.3 is 0 Å². The summed E-state index contributed by atoms with van der Waals surface area (Å²) in [7, 11) is 0. The van der Waals surface area contributed by atoms with Crippen LogP contribution in [0.5, 0.6) is 0 Å². The fourth-order valence-corrected chi connectivity index (χ4v) is 1.54. The van der Waals surface area contributed by atoms with Crippen LogP contribution in [0.3, 0.4) is 0 Å². The molecule has 2 aromatic rings. The van der Waals surface area contributed by atoms with E-state index in [1.165, 1.54) is 0 Å². The monoisotopic (exact) mass is 238 g/mol. The first kappa shape index (κ1) is 10.7. The van der Waals surface area contributed by atoms with Crippen molar-refractivity contribution in [2.75, 3.05) is 11.5 Å². The molecule has 2 rings (SSSR count). The number of hydrogen-bond acceptors (Lipinski definition) is 5. The van der Waals surface area contributed by atoms with Crippen molar-refractivity contribution in [1.82, 2.24) is 19.7 Å². The van der Waals surface area contributed by atoms with Gasteiger partial charge in [-0.25, -0.2) is 4.68 Å². The van der Waals surface area contributed by atoms with Gasteiger partial charge in [-0.3, -0.25) is 0 Å². The lowest BCUT2D eigenvalue weighted by molar-refractivity contribution is 0.804. The maximum Gasteiger partial charge on any atom is 0.224 e. The van der Waals surface area contributed by atoms with Crippen molar-refractivity contribution in [1.29, 1.82) is 0 Å². The molecule has 0 bridgehead atoms. The number of anilines is 2. The Morgan fingerprint density at radius 3 is 2.44 bits per heavy atom. The second-order valence-electron chi connectivity index (χ2n) is 3.41. The van der Waals surface area contributed by atoms with Crippen LogP contribution < -0.4 is 11.5 Å². The average Bonchev–Trinajstić information content (AvgIpc) is 2.44. The largest absolute Gasteiger partial charge is 0.383 e. The molecule has 0 amide bonds. The van der Waals surface area contributed by atoms with Crippen LogP contribution in [0.4, 0.5) is 11.8 Å². The Bertz CT molecular complexity index is 527. The SMILES string of the molecule is Cc1nn(-c2cc(N)nc(N)n2)c(C)c1Cl. The summed E-state index contributed by atoms with van der Waals surface area (Å²) < 4.78 is 1.59. The number of nitrogen functional groups attached to an aromatic ring is 2. The summed E-state index contributed by atoms with van der Waals surface area (Å²) in [5, 5.41) is 4.85. The lowest BCUT2D eigenvalue weighted by atomic mass is 10.4. The van der Waals surface area contributed by atoms with Gasteiger partial charge in [0.25, 0.3) is 0 Å². The Balaban J connectivity index is 2.62. The molecule has 0 aliphatic carbocycles. The molecular weight excluding hydrogens is 228 g/mol. The van der Waals surface area contributed by atoms with Gasteiger partial charge in [-0.05, 0) is 13.8 Å². The molecule has 0 spiro atoms. The summed E-state index contributed by atoms with van der Waals surface area (Å²) in [6, 6.07) is 1.59. The van der Waals surface area contributed by atoms with Crippen molar-refractivity contribution >= 4 is 23.4 Å². The average molecular weight is 239 g/mol. The molecule has 0 unspecified atom stereocenters. The second kappa shape index (κ2) is 3.64. The van der Waals surface area contributed by atoms with Gasteiger partial charge in [0.1, 0.15) is 5.82 Å². The highest BCUT2D eigenvalue weighted by molar-refractivity contribution is 6.31. The van der Waals surface area contributed by atoms with E-state index < -0.39 is 0 Å². The van der Waals surface area contributed by atoms with Crippen LogP contribution in [0.15, 0.2) is 6.07 Å². The maximum atomic E-state index is 6.04. The Hall–Kier alpha value is -1.82. The van der Waals surface area contributed by atoms with Gasteiger partial charge < -0.3 is 11.5 Å². The smallest absolute Gasteiger partial charge is 0.224 e. The maximum absolute atomic E-state index is 6.04. The normalized spacial score (nSPS) is 10.7. The fraction of sp³-hybridized carbons (Fsp3) is 0.222.